The van der Waals surface area contributed by atoms with Gasteiger partial charge in [-0.1, -0.05) is 15.9 Å². The van der Waals surface area contributed by atoms with Crippen LogP contribution in [-0.2, 0) is 4.79 Å². The first-order valence-corrected chi connectivity index (χ1v) is 2.66. The van der Waals surface area contributed by atoms with Crippen LogP contribution in [0.5, 0.6) is 0 Å². The number of rotatable bonds is 1. The van der Waals surface area contributed by atoms with Crippen LogP contribution >= 0.6 is 15.9 Å². The molecule has 0 aliphatic carbocycles. The predicted molar refractivity (Wildman–Crippen MR) is 36.4 cm³/mol. The summed E-state index contributed by atoms with van der Waals surface area (Å²) in [6, 6.07) is 0. The van der Waals surface area contributed by atoms with Crippen molar-refractivity contribution in [2.75, 3.05) is 0 Å². The molecule has 0 saturated carbocycles. The number of alkyl halides is 1. The fourth-order valence-corrected chi connectivity index (χ4v) is 0. The largest absolute Gasteiger partial charge is 0.480 e. The third-order valence-corrected chi connectivity index (χ3v) is 0.848. The minimum Gasteiger partial charge on any atom is -0.480 e. The molecule has 4 heteroatoms. The molecule has 2 nitrogen and oxygen atoms in total. The third-order valence-electron chi connectivity index (χ3n) is 0.509. The van der Waals surface area contributed by atoms with Crippen molar-refractivity contribution < 1.29 is 9.90 Å². The van der Waals surface area contributed by atoms with Crippen molar-refractivity contribution in [3.8, 4) is 0 Å². The summed E-state index contributed by atoms with van der Waals surface area (Å²) in [5.74, 6) is -0.840. The number of aliphatic carboxylic acids is 1. The molecule has 0 amide bonds. The van der Waals surface area contributed by atoms with Crippen LogP contribution < -0.4 is 0 Å². The molecule has 0 aromatic carbocycles. The minimum absolute atomic E-state index is 0. The van der Waals surface area contributed by atoms with E-state index in [1.165, 1.54) is 0 Å². The summed E-state index contributed by atoms with van der Waals surface area (Å²) in [7, 11) is 0. The maximum atomic E-state index is 9.97. The molecular weight excluding hydrogens is 367 g/mol. The molecule has 0 heterocycles. The van der Waals surface area contributed by atoms with Crippen LogP contribution in [0.25, 0.3) is 0 Å². The standard InChI is InChI=1S/C4H7BrO2.Pb/c1-4(2,5)3(6)7;/h1-2H3,(H,6,7);. The van der Waals surface area contributed by atoms with Crippen LogP contribution in [-0.4, -0.2) is 42.7 Å². The van der Waals surface area contributed by atoms with Gasteiger partial charge in [0.25, 0.3) is 0 Å². The van der Waals surface area contributed by atoms with Crippen molar-refractivity contribution in [3.05, 3.63) is 0 Å². The molecule has 8 heavy (non-hydrogen) atoms. The van der Waals surface area contributed by atoms with Gasteiger partial charge < -0.3 is 5.11 Å². The maximum absolute atomic E-state index is 9.97. The number of carbonyl (C=O) groups is 1. The molecule has 0 spiro atoms. The van der Waals surface area contributed by atoms with Crippen LogP contribution in [0.2, 0.25) is 0 Å². The molecule has 0 bridgehead atoms. The Kier molecular flexibility index (Phi) is 5.55. The van der Waals surface area contributed by atoms with Gasteiger partial charge in [0.15, 0.2) is 0 Å². The van der Waals surface area contributed by atoms with Crippen LogP contribution in [0.15, 0.2) is 0 Å². The van der Waals surface area contributed by atoms with Crippen LogP contribution in [0.4, 0.5) is 0 Å². The molecule has 0 aliphatic heterocycles. The van der Waals surface area contributed by atoms with Gasteiger partial charge in [-0.05, 0) is 13.8 Å². The first-order valence-electron chi connectivity index (χ1n) is 1.87. The molecule has 0 atom stereocenters. The Morgan fingerprint density at radius 2 is 1.75 bits per heavy atom. The second kappa shape index (κ2) is 3.81. The van der Waals surface area contributed by atoms with Gasteiger partial charge >= 0.3 is 5.97 Å². The maximum Gasteiger partial charge on any atom is 0.319 e. The zero-order valence-electron chi connectivity index (χ0n) is 4.73. The number of halogens is 1. The van der Waals surface area contributed by atoms with Crippen molar-refractivity contribution >= 4 is 49.2 Å². The molecular formula is C4H7BrO2Pb. The van der Waals surface area contributed by atoms with Gasteiger partial charge in [0.1, 0.15) is 4.32 Å². The molecule has 0 fully saturated rings. The molecule has 0 unspecified atom stereocenters. The summed E-state index contributed by atoms with van der Waals surface area (Å²) < 4.78 is -0.771. The van der Waals surface area contributed by atoms with Gasteiger partial charge in [0.05, 0.1) is 0 Å². The predicted octanol–water partition coefficient (Wildman–Crippen LogP) is 0.864. The van der Waals surface area contributed by atoms with Gasteiger partial charge in [-0.3, -0.25) is 4.79 Å². The van der Waals surface area contributed by atoms with Crippen LogP contribution in [0, 0.1) is 0 Å². The molecule has 0 aliphatic rings. The second-order valence-electron chi connectivity index (χ2n) is 1.78. The van der Waals surface area contributed by atoms with E-state index in [4.69, 9.17) is 5.11 Å². The van der Waals surface area contributed by atoms with E-state index >= 15 is 0 Å². The second-order valence-corrected chi connectivity index (χ2v) is 3.76. The van der Waals surface area contributed by atoms with Crippen LogP contribution in [0.1, 0.15) is 13.8 Å². The number of carboxylic acids is 1. The van der Waals surface area contributed by atoms with E-state index in [1.54, 1.807) is 13.8 Å². The van der Waals surface area contributed by atoms with E-state index in [1.807, 2.05) is 0 Å². The van der Waals surface area contributed by atoms with E-state index in [0.29, 0.717) is 0 Å². The fraction of sp³-hybridized carbons (Fsp3) is 0.750. The Bertz CT molecular complexity index is 86.5. The summed E-state index contributed by atoms with van der Waals surface area (Å²) in [6.45, 7) is 3.16. The van der Waals surface area contributed by atoms with E-state index in [-0.39, 0.29) is 27.3 Å². The van der Waals surface area contributed by atoms with Crippen molar-refractivity contribution in [1.82, 2.24) is 0 Å². The Morgan fingerprint density at radius 3 is 1.75 bits per heavy atom. The average Bonchev–Trinajstić information content (AvgIpc) is 1.31. The smallest absolute Gasteiger partial charge is 0.319 e. The summed E-state index contributed by atoms with van der Waals surface area (Å²) in [4.78, 5) is 9.97. The monoisotopic (exact) mass is 374 g/mol. The van der Waals surface area contributed by atoms with Gasteiger partial charge in [0.2, 0.25) is 0 Å². The number of hydrogen-bond donors (Lipinski definition) is 1. The van der Waals surface area contributed by atoms with E-state index in [9.17, 15) is 4.79 Å². The molecule has 1 N–H and O–H groups in total. The first kappa shape index (κ1) is 11.6. The van der Waals surface area contributed by atoms with Gasteiger partial charge in [0, 0.05) is 27.3 Å². The van der Waals surface area contributed by atoms with Crippen LogP contribution in [0.3, 0.4) is 0 Å². The Labute approximate surface area is 76.9 Å². The summed E-state index contributed by atoms with van der Waals surface area (Å²) in [6.07, 6.45) is 0. The van der Waals surface area contributed by atoms with E-state index < -0.39 is 10.3 Å². The summed E-state index contributed by atoms with van der Waals surface area (Å²) in [5.41, 5.74) is 0. The zero-order chi connectivity index (χ0) is 6.08. The molecule has 0 rings (SSSR count). The van der Waals surface area contributed by atoms with Crippen molar-refractivity contribution in [2.45, 2.75) is 18.2 Å². The van der Waals surface area contributed by atoms with E-state index in [0.717, 1.165) is 0 Å². The molecule has 0 saturated heterocycles. The van der Waals surface area contributed by atoms with Gasteiger partial charge in [-0.25, -0.2) is 0 Å². The minimum atomic E-state index is -0.840. The van der Waals surface area contributed by atoms with Crippen molar-refractivity contribution in [2.24, 2.45) is 0 Å². The zero-order valence-corrected chi connectivity index (χ0v) is 10.2. The van der Waals surface area contributed by atoms with Gasteiger partial charge in [-0.2, -0.15) is 0 Å². The normalized spacial score (nSPS) is 9.88. The molecule has 0 aromatic rings. The Balaban J connectivity index is 0. The Morgan fingerprint density at radius 1 is 1.62 bits per heavy atom. The Hall–Kier alpha value is 0.872. The average molecular weight is 374 g/mol. The number of carboxylic acid groups (broad SMARTS) is 1. The fourth-order valence-electron chi connectivity index (χ4n) is 0. The van der Waals surface area contributed by atoms with Gasteiger partial charge in [-0.15, -0.1) is 0 Å². The summed E-state index contributed by atoms with van der Waals surface area (Å²) in [5, 5.41) is 8.20. The molecule has 0 aromatic heterocycles. The quantitative estimate of drug-likeness (QED) is 0.546. The first-order chi connectivity index (χ1) is 2.94. The molecule has 4 radical (unpaired) electrons. The SMILES string of the molecule is CC(C)(Br)C(=O)O.[Pb]. The molecule has 46 valence electrons. The third kappa shape index (κ3) is 5.02. The number of hydrogen-bond acceptors (Lipinski definition) is 1. The van der Waals surface area contributed by atoms with E-state index in [2.05, 4.69) is 15.9 Å². The topological polar surface area (TPSA) is 37.3 Å². The van der Waals surface area contributed by atoms with Crippen molar-refractivity contribution in [1.29, 1.82) is 0 Å². The van der Waals surface area contributed by atoms with Crippen molar-refractivity contribution in [3.63, 3.8) is 0 Å². The summed E-state index contributed by atoms with van der Waals surface area (Å²) >= 11 is 2.94.